The van der Waals surface area contributed by atoms with Crippen LogP contribution < -0.4 is 0 Å². The third kappa shape index (κ3) is 2.47. The molecule has 0 spiro atoms. The number of nitrogens with zero attached hydrogens (tertiary/aromatic N) is 1. The molecule has 3 heteroatoms. The summed E-state index contributed by atoms with van der Waals surface area (Å²) in [4.78, 5) is 13.4. The van der Waals surface area contributed by atoms with Gasteiger partial charge < -0.3 is 4.90 Å². The maximum atomic E-state index is 11.5. The minimum absolute atomic E-state index is 0.0496. The molecule has 0 aromatic rings. The molecule has 1 aliphatic heterocycles. The van der Waals surface area contributed by atoms with Crippen LogP contribution in [-0.4, -0.2) is 29.3 Å². The Hall–Kier alpha value is -0.500. The van der Waals surface area contributed by atoms with Crippen LogP contribution in [0.2, 0.25) is 0 Å². The molecule has 0 aromatic heterocycles. The van der Waals surface area contributed by atoms with Crippen molar-refractivity contribution in [1.29, 1.82) is 0 Å². The number of hydrogen-bond donors (Lipinski definition) is 0. The summed E-state index contributed by atoms with van der Waals surface area (Å²) in [6.07, 6.45) is 0.987. The zero-order valence-electron chi connectivity index (χ0n) is 8.43. The number of halogens is 1. The van der Waals surface area contributed by atoms with E-state index in [1.54, 1.807) is 6.92 Å². The van der Waals surface area contributed by atoms with Gasteiger partial charge in [-0.2, -0.15) is 0 Å². The van der Waals surface area contributed by atoms with Crippen LogP contribution in [0, 0.1) is 0 Å². The summed E-state index contributed by atoms with van der Waals surface area (Å²) in [5.74, 6) is 0.0496. The van der Waals surface area contributed by atoms with Crippen molar-refractivity contribution in [3.63, 3.8) is 0 Å². The van der Waals surface area contributed by atoms with Crippen molar-refractivity contribution in [2.24, 2.45) is 0 Å². The first-order valence-corrected chi connectivity index (χ1v) is 5.04. The highest BCUT2D eigenvalue weighted by atomic mass is 35.5. The van der Waals surface area contributed by atoms with Crippen LogP contribution in [-0.2, 0) is 4.79 Å². The lowest BCUT2D eigenvalue weighted by Crippen LogP contribution is -2.39. The van der Waals surface area contributed by atoms with Crippen LogP contribution in [0.15, 0.2) is 11.1 Å². The Morgan fingerprint density at radius 2 is 2.08 bits per heavy atom. The van der Waals surface area contributed by atoms with E-state index in [9.17, 15) is 4.79 Å². The normalized spacial score (nSPS) is 20.5. The molecule has 0 saturated heterocycles. The molecule has 1 amide bonds. The molecule has 1 rings (SSSR count). The molecule has 1 unspecified atom stereocenters. The van der Waals surface area contributed by atoms with E-state index in [1.807, 2.05) is 4.90 Å². The highest BCUT2D eigenvalue weighted by Gasteiger charge is 2.21. The van der Waals surface area contributed by atoms with Gasteiger partial charge in [-0.25, -0.2) is 0 Å². The lowest BCUT2D eigenvalue weighted by molar-refractivity contribution is -0.130. The number of carbonyl (C=O) groups is 1. The molecule has 0 aliphatic carbocycles. The van der Waals surface area contributed by atoms with Gasteiger partial charge in [0.05, 0.1) is 0 Å². The number of carbonyl (C=O) groups excluding carboxylic acids is 1. The van der Waals surface area contributed by atoms with Gasteiger partial charge in [-0.15, -0.1) is 11.6 Å². The van der Waals surface area contributed by atoms with Crippen molar-refractivity contribution in [2.75, 3.05) is 13.1 Å². The second-order valence-corrected chi connectivity index (χ2v) is 4.34. The van der Waals surface area contributed by atoms with E-state index in [0.29, 0.717) is 0 Å². The molecule has 2 nitrogen and oxygen atoms in total. The Morgan fingerprint density at radius 3 is 2.54 bits per heavy atom. The van der Waals surface area contributed by atoms with Crippen molar-refractivity contribution in [2.45, 2.75) is 32.6 Å². The first kappa shape index (κ1) is 10.6. The van der Waals surface area contributed by atoms with Gasteiger partial charge in [0.1, 0.15) is 5.38 Å². The van der Waals surface area contributed by atoms with Crippen molar-refractivity contribution < 1.29 is 4.79 Å². The first-order chi connectivity index (χ1) is 6.02. The molecule has 1 atom stereocenters. The second kappa shape index (κ2) is 4.14. The highest BCUT2D eigenvalue weighted by Crippen LogP contribution is 2.18. The smallest absolute Gasteiger partial charge is 0.240 e. The largest absolute Gasteiger partial charge is 0.337 e. The molecule has 0 fully saturated rings. The summed E-state index contributed by atoms with van der Waals surface area (Å²) in [6, 6.07) is 0. The van der Waals surface area contributed by atoms with E-state index in [1.165, 1.54) is 11.1 Å². The van der Waals surface area contributed by atoms with E-state index < -0.39 is 5.38 Å². The summed E-state index contributed by atoms with van der Waals surface area (Å²) in [6.45, 7) is 7.50. The zero-order chi connectivity index (χ0) is 10.0. The molecular weight excluding hydrogens is 186 g/mol. The Kier molecular flexibility index (Phi) is 3.37. The molecule has 0 radical (unpaired) electrons. The molecule has 74 valence electrons. The van der Waals surface area contributed by atoms with Gasteiger partial charge >= 0.3 is 0 Å². The van der Waals surface area contributed by atoms with Gasteiger partial charge in [0.2, 0.25) is 5.91 Å². The van der Waals surface area contributed by atoms with Crippen LogP contribution >= 0.6 is 11.6 Å². The minimum atomic E-state index is -0.397. The number of alkyl halides is 1. The summed E-state index contributed by atoms with van der Waals surface area (Å²) < 4.78 is 0. The van der Waals surface area contributed by atoms with E-state index in [2.05, 4.69) is 13.8 Å². The summed E-state index contributed by atoms with van der Waals surface area (Å²) >= 11 is 5.74. The fourth-order valence-electron chi connectivity index (χ4n) is 1.46. The van der Waals surface area contributed by atoms with Crippen LogP contribution in [0.4, 0.5) is 0 Å². The monoisotopic (exact) mass is 201 g/mol. The number of hydrogen-bond acceptors (Lipinski definition) is 1. The van der Waals surface area contributed by atoms with Gasteiger partial charge in [-0.05, 0) is 27.2 Å². The zero-order valence-corrected chi connectivity index (χ0v) is 9.19. The highest BCUT2D eigenvalue weighted by molar-refractivity contribution is 6.30. The predicted molar refractivity (Wildman–Crippen MR) is 54.9 cm³/mol. The molecular formula is C10H16ClNO. The summed E-state index contributed by atoms with van der Waals surface area (Å²) in [7, 11) is 0. The van der Waals surface area contributed by atoms with Gasteiger partial charge in [-0.3, -0.25) is 4.79 Å². The van der Waals surface area contributed by atoms with E-state index >= 15 is 0 Å². The number of rotatable bonds is 1. The van der Waals surface area contributed by atoms with Crippen LogP contribution in [0.1, 0.15) is 27.2 Å². The van der Waals surface area contributed by atoms with E-state index in [4.69, 9.17) is 11.6 Å². The minimum Gasteiger partial charge on any atom is -0.337 e. The quantitative estimate of drug-likeness (QED) is 0.471. The van der Waals surface area contributed by atoms with Gasteiger partial charge in [0, 0.05) is 13.1 Å². The molecule has 0 saturated carbocycles. The molecule has 0 N–H and O–H groups in total. The fourth-order valence-corrected chi connectivity index (χ4v) is 1.59. The maximum Gasteiger partial charge on any atom is 0.240 e. The average Bonchev–Trinajstić information content (AvgIpc) is 2.08. The third-order valence-electron chi connectivity index (χ3n) is 2.57. The molecule has 13 heavy (non-hydrogen) atoms. The first-order valence-electron chi connectivity index (χ1n) is 4.60. The fraction of sp³-hybridized carbons (Fsp3) is 0.700. The standard InChI is InChI=1S/C10H16ClNO/c1-7-4-5-12(6-8(7)2)10(13)9(3)11/h9H,4-6H2,1-3H3. The van der Waals surface area contributed by atoms with Gasteiger partial charge in [0.15, 0.2) is 0 Å². The van der Waals surface area contributed by atoms with Crippen LogP contribution in [0.25, 0.3) is 0 Å². The lowest BCUT2D eigenvalue weighted by Gasteiger charge is -2.29. The predicted octanol–water partition coefficient (Wildman–Crippen LogP) is 2.18. The van der Waals surface area contributed by atoms with Crippen LogP contribution in [0.5, 0.6) is 0 Å². The Morgan fingerprint density at radius 1 is 1.46 bits per heavy atom. The van der Waals surface area contributed by atoms with Crippen molar-refractivity contribution >= 4 is 17.5 Å². The third-order valence-corrected chi connectivity index (χ3v) is 2.75. The van der Waals surface area contributed by atoms with E-state index in [0.717, 1.165) is 19.5 Å². The maximum absolute atomic E-state index is 11.5. The van der Waals surface area contributed by atoms with Gasteiger partial charge in [0.25, 0.3) is 0 Å². The second-order valence-electron chi connectivity index (χ2n) is 3.69. The molecule has 1 heterocycles. The Bertz CT molecular complexity index is 245. The summed E-state index contributed by atoms with van der Waals surface area (Å²) in [5.41, 5.74) is 2.71. The Labute approximate surface area is 84.6 Å². The van der Waals surface area contributed by atoms with Crippen molar-refractivity contribution in [3.05, 3.63) is 11.1 Å². The molecule has 0 bridgehead atoms. The van der Waals surface area contributed by atoms with Crippen molar-refractivity contribution in [3.8, 4) is 0 Å². The average molecular weight is 202 g/mol. The lowest BCUT2D eigenvalue weighted by atomic mass is 10.0. The van der Waals surface area contributed by atoms with Crippen LogP contribution in [0.3, 0.4) is 0 Å². The Balaban J connectivity index is 2.63. The van der Waals surface area contributed by atoms with Crippen molar-refractivity contribution in [1.82, 2.24) is 4.90 Å². The molecule has 1 aliphatic rings. The number of amides is 1. The SMILES string of the molecule is CC1=C(C)CN(C(=O)C(C)Cl)CC1. The molecule has 0 aromatic carbocycles. The topological polar surface area (TPSA) is 20.3 Å². The van der Waals surface area contributed by atoms with Gasteiger partial charge in [-0.1, -0.05) is 11.1 Å². The summed E-state index contributed by atoms with van der Waals surface area (Å²) in [5, 5.41) is -0.397. The van der Waals surface area contributed by atoms with E-state index in [-0.39, 0.29) is 5.91 Å².